The van der Waals surface area contributed by atoms with E-state index in [-0.39, 0.29) is 6.10 Å². The van der Waals surface area contributed by atoms with E-state index in [9.17, 15) is 5.11 Å². The van der Waals surface area contributed by atoms with Gasteiger partial charge in [-0.05, 0) is 104 Å². The molecular weight excluding hydrogens is 340 g/mol. The highest BCUT2D eigenvalue weighted by Gasteiger charge is 2.71. The minimum absolute atomic E-state index is 0.00535. The standard InChI is InChI=1S/C27H44O/c1-18(2)7-5-6-8-19-9-10-21-20-11-16-27-17-23(27)24(28)13-15-26(27,4)22(20)12-14-25(19,21)3/h18-19,21,23-24,28H,5-17H2,1-4H3. The maximum absolute atomic E-state index is 10.5. The van der Waals surface area contributed by atoms with E-state index in [2.05, 4.69) is 27.7 Å². The third-order valence-electron chi connectivity index (χ3n) is 11.0. The average Bonchev–Trinajstić information content (AvgIpc) is 3.31. The molecule has 158 valence electrons. The van der Waals surface area contributed by atoms with Crippen LogP contribution in [0.4, 0.5) is 0 Å². The predicted octanol–water partition coefficient (Wildman–Crippen LogP) is 7.29. The summed E-state index contributed by atoms with van der Waals surface area (Å²) in [6.45, 7) is 10.0. The summed E-state index contributed by atoms with van der Waals surface area (Å²) in [5.74, 6) is 3.37. The van der Waals surface area contributed by atoms with Crippen molar-refractivity contribution < 1.29 is 5.11 Å². The third-order valence-corrected chi connectivity index (χ3v) is 11.0. The van der Waals surface area contributed by atoms with E-state index < -0.39 is 0 Å². The molecule has 0 amide bonds. The molecule has 5 aliphatic rings. The molecule has 3 saturated carbocycles. The fourth-order valence-electron chi connectivity index (χ4n) is 9.13. The van der Waals surface area contributed by atoms with Crippen LogP contribution in [0, 0.1) is 39.9 Å². The molecule has 1 spiro atoms. The summed E-state index contributed by atoms with van der Waals surface area (Å²) < 4.78 is 0. The van der Waals surface area contributed by atoms with Gasteiger partial charge >= 0.3 is 0 Å². The van der Waals surface area contributed by atoms with Gasteiger partial charge in [-0.3, -0.25) is 0 Å². The van der Waals surface area contributed by atoms with Crippen LogP contribution in [0.5, 0.6) is 0 Å². The molecule has 0 aromatic rings. The second-order valence-electron chi connectivity index (χ2n) is 12.4. The molecule has 1 N–H and O–H groups in total. The summed E-state index contributed by atoms with van der Waals surface area (Å²) in [7, 11) is 0. The second-order valence-corrected chi connectivity index (χ2v) is 12.4. The highest BCUT2D eigenvalue weighted by atomic mass is 16.3. The minimum Gasteiger partial charge on any atom is -0.393 e. The zero-order chi connectivity index (χ0) is 19.7. The Morgan fingerprint density at radius 2 is 1.82 bits per heavy atom. The molecule has 28 heavy (non-hydrogen) atoms. The van der Waals surface area contributed by atoms with Crippen molar-refractivity contribution in [3.8, 4) is 0 Å². The van der Waals surface area contributed by atoms with E-state index in [0.717, 1.165) is 24.2 Å². The maximum Gasteiger partial charge on any atom is 0.0574 e. The largest absolute Gasteiger partial charge is 0.393 e. The van der Waals surface area contributed by atoms with E-state index in [0.29, 0.717) is 22.2 Å². The quantitative estimate of drug-likeness (QED) is 0.390. The third kappa shape index (κ3) is 2.60. The summed E-state index contributed by atoms with van der Waals surface area (Å²) in [6, 6.07) is 0. The number of rotatable bonds is 5. The summed E-state index contributed by atoms with van der Waals surface area (Å²) in [6.07, 6.45) is 18.0. The Balaban J connectivity index is 1.35. The first-order valence-corrected chi connectivity index (χ1v) is 12.7. The first-order valence-electron chi connectivity index (χ1n) is 12.7. The molecule has 0 radical (unpaired) electrons. The SMILES string of the molecule is CC(C)CCCCC1CCC2C3=C(CCC12C)C1(C)CCC(O)C2CC21CC3. The number of hydrogen-bond acceptors (Lipinski definition) is 1. The number of allylic oxidation sites excluding steroid dienone is 2. The molecule has 3 fully saturated rings. The minimum atomic E-state index is 0.00535. The van der Waals surface area contributed by atoms with Crippen LogP contribution in [-0.2, 0) is 0 Å². The lowest BCUT2D eigenvalue weighted by Crippen LogP contribution is -2.46. The van der Waals surface area contributed by atoms with Crippen LogP contribution in [0.25, 0.3) is 0 Å². The molecule has 1 nitrogen and oxygen atoms in total. The van der Waals surface area contributed by atoms with E-state index in [4.69, 9.17) is 0 Å². The van der Waals surface area contributed by atoms with E-state index in [1.54, 1.807) is 0 Å². The van der Waals surface area contributed by atoms with Crippen LogP contribution in [-0.4, -0.2) is 11.2 Å². The monoisotopic (exact) mass is 384 g/mol. The lowest BCUT2D eigenvalue weighted by atomic mass is 9.50. The van der Waals surface area contributed by atoms with Crippen molar-refractivity contribution in [2.45, 2.75) is 117 Å². The summed E-state index contributed by atoms with van der Waals surface area (Å²) >= 11 is 0. The zero-order valence-corrected chi connectivity index (χ0v) is 19.0. The maximum atomic E-state index is 10.5. The summed E-state index contributed by atoms with van der Waals surface area (Å²) in [4.78, 5) is 0. The molecule has 1 heteroatoms. The fourth-order valence-corrected chi connectivity index (χ4v) is 9.13. The van der Waals surface area contributed by atoms with Crippen LogP contribution < -0.4 is 0 Å². The van der Waals surface area contributed by atoms with Gasteiger partial charge in [-0.1, -0.05) is 58.1 Å². The molecule has 5 aliphatic carbocycles. The molecule has 5 rings (SSSR count). The van der Waals surface area contributed by atoms with Crippen molar-refractivity contribution in [1.82, 2.24) is 0 Å². The van der Waals surface area contributed by atoms with Crippen molar-refractivity contribution in [2.24, 2.45) is 39.9 Å². The van der Waals surface area contributed by atoms with Gasteiger partial charge in [0, 0.05) is 0 Å². The number of aliphatic hydroxyl groups excluding tert-OH is 1. The molecule has 0 aliphatic heterocycles. The second kappa shape index (κ2) is 6.60. The van der Waals surface area contributed by atoms with E-state index in [1.807, 2.05) is 11.1 Å². The Labute approximate surface area is 173 Å². The summed E-state index contributed by atoms with van der Waals surface area (Å²) in [5.41, 5.74) is 5.37. The van der Waals surface area contributed by atoms with Crippen LogP contribution in [0.2, 0.25) is 0 Å². The number of fused-ring (bicyclic) bond motifs is 3. The van der Waals surface area contributed by atoms with Crippen LogP contribution >= 0.6 is 0 Å². The Bertz CT molecular complexity index is 661. The topological polar surface area (TPSA) is 20.2 Å². The highest BCUT2D eigenvalue weighted by molar-refractivity contribution is 5.40. The smallest absolute Gasteiger partial charge is 0.0574 e. The predicted molar refractivity (Wildman–Crippen MR) is 117 cm³/mol. The Hall–Kier alpha value is -0.300. The first-order chi connectivity index (χ1) is 13.3. The van der Waals surface area contributed by atoms with Gasteiger partial charge in [0.05, 0.1) is 6.10 Å². The number of aliphatic hydroxyl groups is 1. The number of hydrogen-bond donors (Lipinski definition) is 1. The lowest BCUT2D eigenvalue weighted by Gasteiger charge is -2.55. The Morgan fingerprint density at radius 3 is 2.61 bits per heavy atom. The van der Waals surface area contributed by atoms with Gasteiger partial charge in [0.1, 0.15) is 0 Å². The van der Waals surface area contributed by atoms with Crippen molar-refractivity contribution >= 4 is 0 Å². The van der Waals surface area contributed by atoms with Gasteiger partial charge in [-0.2, -0.15) is 0 Å². The van der Waals surface area contributed by atoms with Crippen LogP contribution in [0.1, 0.15) is 111 Å². The van der Waals surface area contributed by atoms with Crippen LogP contribution in [0.15, 0.2) is 11.1 Å². The van der Waals surface area contributed by atoms with Crippen LogP contribution in [0.3, 0.4) is 0 Å². The van der Waals surface area contributed by atoms with E-state index >= 15 is 0 Å². The van der Waals surface area contributed by atoms with Gasteiger partial charge in [0.2, 0.25) is 0 Å². The Kier molecular flexibility index (Phi) is 4.63. The van der Waals surface area contributed by atoms with Gasteiger partial charge < -0.3 is 5.11 Å². The normalized spacial score (nSPS) is 49.5. The molecule has 0 heterocycles. The highest BCUT2D eigenvalue weighted by Crippen LogP contribution is 2.78. The fraction of sp³-hybridized carbons (Fsp3) is 0.926. The summed E-state index contributed by atoms with van der Waals surface area (Å²) in [5, 5.41) is 10.5. The average molecular weight is 385 g/mol. The van der Waals surface area contributed by atoms with Gasteiger partial charge in [0.15, 0.2) is 0 Å². The lowest BCUT2D eigenvalue weighted by molar-refractivity contribution is 0.00739. The molecule has 0 aromatic carbocycles. The van der Waals surface area contributed by atoms with Gasteiger partial charge in [-0.15, -0.1) is 0 Å². The number of unbranched alkanes of at least 4 members (excludes halogenated alkanes) is 1. The molecule has 7 atom stereocenters. The Morgan fingerprint density at radius 1 is 1.00 bits per heavy atom. The van der Waals surface area contributed by atoms with Gasteiger partial charge in [0.25, 0.3) is 0 Å². The van der Waals surface area contributed by atoms with Crippen molar-refractivity contribution in [1.29, 1.82) is 0 Å². The molecule has 0 bridgehead atoms. The zero-order valence-electron chi connectivity index (χ0n) is 19.0. The molecule has 0 saturated heterocycles. The molecule has 7 unspecified atom stereocenters. The van der Waals surface area contributed by atoms with Crippen molar-refractivity contribution in [3.63, 3.8) is 0 Å². The van der Waals surface area contributed by atoms with Crippen molar-refractivity contribution in [2.75, 3.05) is 0 Å². The first kappa shape index (κ1) is 19.7. The molecular formula is C27H44O. The van der Waals surface area contributed by atoms with E-state index in [1.165, 1.54) is 77.0 Å². The van der Waals surface area contributed by atoms with Gasteiger partial charge in [-0.25, -0.2) is 0 Å². The van der Waals surface area contributed by atoms with Crippen molar-refractivity contribution in [3.05, 3.63) is 11.1 Å². The molecule has 0 aromatic heterocycles.